The van der Waals surface area contributed by atoms with Gasteiger partial charge in [0.15, 0.2) is 5.92 Å². The average molecular weight is 392 g/mol. The van der Waals surface area contributed by atoms with Crippen molar-refractivity contribution >= 4 is 40.1 Å². The molecule has 27 heavy (non-hydrogen) atoms. The highest BCUT2D eigenvalue weighted by molar-refractivity contribution is 6.30. The lowest BCUT2D eigenvalue weighted by Gasteiger charge is -2.40. The summed E-state index contributed by atoms with van der Waals surface area (Å²) in [7, 11) is 2.49. The summed E-state index contributed by atoms with van der Waals surface area (Å²) in [6.45, 7) is 4.84. The van der Waals surface area contributed by atoms with Crippen molar-refractivity contribution in [1.29, 1.82) is 0 Å². The van der Waals surface area contributed by atoms with Crippen LogP contribution < -0.4 is 4.90 Å². The van der Waals surface area contributed by atoms with Gasteiger partial charge in [-0.15, -0.1) is 0 Å². The van der Waals surface area contributed by atoms with Gasteiger partial charge in [-0.05, 0) is 30.4 Å². The van der Waals surface area contributed by atoms with E-state index in [9.17, 15) is 9.59 Å². The van der Waals surface area contributed by atoms with Gasteiger partial charge in [0, 0.05) is 36.3 Å². The average Bonchev–Trinajstić information content (AvgIpc) is 2.66. The lowest BCUT2D eigenvalue weighted by atomic mass is 9.86. The summed E-state index contributed by atoms with van der Waals surface area (Å²) in [6.07, 6.45) is 4.49. The molecule has 0 bridgehead atoms. The number of ether oxygens (including phenoxy) is 2. The third-order valence-corrected chi connectivity index (χ3v) is 5.45. The van der Waals surface area contributed by atoms with Crippen LogP contribution in [0.5, 0.6) is 0 Å². The molecule has 0 spiro atoms. The summed E-state index contributed by atoms with van der Waals surface area (Å²) in [6, 6.07) is 2.14. The molecule has 0 amide bonds. The van der Waals surface area contributed by atoms with E-state index in [2.05, 4.69) is 21.8 Å². The maximum Gasteiger partial charge on any atom is 0.320 e. The number of fused-ring (bicyclic) bond motifs is 1. The van der Waals surface area contributed by atoms with Gasteiger partial charge in [-0.2, -0.15) is 0 Å². The summed E-state index contributed by atoms with van der Waals surface area (Å²) in [4.78, 5) is 35.4. The zero-order chi connectivity index (χ0) is 19.7. The second-order valence-corrected chi connectivity index (χ2v) is 7.12. The lowest BCUT2D eigenvalue weighted by Crippen LogP contribution is -2.46. The molecule has 0 saturated carbocycles. The number of halogens is 1. The number of anilines is 1. The predicted octanol–water partition coefficient (Wildman–Crippen LogP) is 2.95. The van der Waals surface area contributed by atoms with Gasteiger partial charge in [0.05, 0.1) is 14.2 Å². The minimum Gasteiger partial charge on any atom is -0.468 e. The fourth-order valence-electron chi connectivity index (χ4n) is 3.48. The summed E-state index contributed by atoms with van der Waals surface area (Å²) >= 11 is 6.13. The van der Waals surface area contributed by atoms with Crippen molar-refractivity contribution in [3.8, 4) is 0 Å². The zero-order valence-electron chi connectivity index (χ0n) is 15.7. The smallest absolute Gasteiger partial charge is 0.320 e. The van der Waals surface area contributed by atoms with Crippen molar-refractivity contribution in [2.45, 2.75) is 32.2 Å². The number of hydrogen-bond acceptors (Lipinski definition) is 7. The van der Waals surface area contributed by atoms with E-state index in [1.165, 1.54) is 14.2 Å². The fraction of sp³-hybridized carbons (Fsp3) is 0.474. The Morgan fingerprint density at radius 2 is 1.85 bits per heavy atom. The molecular weight excluding hydrogens is 370 g/mol. The summed E-state index contributed by atoms with van der Waals surface area (Å²) < 4.78 is 9.62. The van der Waals surface area contributed by atoms with Crippen molar-refractivity contribution in [1.82, 2.24) is 9.97 Å². The number of methoxy groups -OCH3 is 2. The molecule has 1 aliphatic heterocycles. The highest BCUT2D eigenvalue weighted by Gasteiger charge is 2.37. The number of aromatic nitrogens is 2. The molecular formula is C19H22ClN3O4. The Kier molecular flexibility index (Phi) is 5.51. The van der Waals surface area contributed by atoms with E-state index >= 15 is 0 Å². The Labute approximate surface area is 162 Å². The Morgan fingerprint density at radius 1 is 1.19 bits per heavy atom. The van der Waals surface area contributed by atoms with E-state index in [4.69, 9.17) is 21.1 Å². The van der Waals surface area contributed by atoms with Gasteiger partial charge < -0.3 is 14.4 Å². The van der Waals surface area contributed by atoms with E-state index in [-0.39, 0.29) is 0 Å². The molecule has 0 aliphatic carbocycles. The predicted molar refractivity (Wildman–Crippen MR) is 102 cm³/mol. The van der Waals surface area contributed by atoms with E-state index in [0.717, 1.165) is 29.6 Å². The summed E-state index contributed by atoms with van der Waals surface area (Å²) in [5.41, 5.74) is 0.715. The van der Waals surface area contributed by atoms with Gasteiger partial charge in [-0.3, -0.25) is 9.59 Å². The molecule has 0 N–H and O–H groups in total. The number of pyridine rings is 2. The van der Waals surface area contributed by atoms with E-state index in [0.29, 0.717) is 16.8 Å². The minimum atomic E-state index is -1.09. The van der Waals surface area contributed by atoms with E-state index in [1.807, 2.05) is 0 Å². The van der Waals surface area contributed by atoms with Crippen molar-refractivity contribution in [3.63, 3.8) is 0 Å². The molecule has 2 atom stereocenters. The number of carbonyl (C=O) groups excluding carboxylic acids is 2. The molecule has 1 saturated heterocycles. The van der Waals surface area contributed by atoms with Crippen LogP contribution in [0.15, 0.2) is 18.5 Å². The number of rotatable bonds is 5. The number of carbonyl (C=O) groups is 2. The van der Waals surface area contributed by atoms with Crippen LogP contribution in [0.25, 0.3) is 10.8 Å². The molecule has 0 radical (unpaired) electrons. The Morgan fingerprint density at radius 3 is 2.37 bits per heavy atom. The first-order valence-electron chi connectivity index (χ1n) is 8.75. The summed E-state index contributed by atoms with van der Waals surface area (Å²) in [5.74, 6) is -2.07. The number of nitrogens with zero attached hydrogens (tertiary/aromatic N) is 3. The van der Waals surface area contributed by atoms with Crippen LogP contribution >= 0.6 is 11.6 Å². The molecule has 2 aromatic heterocycles. The lowest BCUT2D eigenvalue weighted by molar-refractivity contribution is -0.159. The van der Waals surface area contributed by atoms with Crippen LogP contribution in [0.4, 0.5) is 5.82 Å². The third-order valence-electron chi connectivity index (χ3n) is 5.24. The second kappa shape index (κ2) is 7.68. The highest BCUT2D eigenvalue weighted by atomic mass is 35.5. The van der Waals surface area contributed by atoms with Crippen LogP contribution in [-0.2, 0) is 19.1 Å². The van der Waals surface area contributed by atoms with Gasteiger partial charge >= 0.3 is 11.9 Å². The standard InChI is InChI=1S/C19H22ClN3O4/c1-10-5-6-23(10)17-14-9-21-15(20)7-12(14)13(8-22-17)11(2)16(18(24)26-3)19(25)27-4/h7-11,16H,5-6H2,1-4H3. The molecule has 0 aromatic carbocycles. The van der Waals surface area contributed by atoms with Crippen LogP contribution in [-0.4, -0.2) is 48.7 Å². The molecule has 1 fully saturated rings. The van der Waals surface area contributed by atoms with Gasteiger partial charge in [0.1, 0.15) is 11.0 Å². The Hall–Kier alpha value is -2.41. The van der Waals surface area contributed by atoms with Crippen molar-refractivity contribution in [2.24, 2.45) is 5.92 Å². The van der Waals surface area contributed by atoms with Crippen molar-refractivity contribution in [3.05, 3.63) is 29.2 Å². The highest BCUT2D eigenvalue weighted by Crippen LogP contribution is 2.37. The Balaban J connectivity index is 2.13. The van der Waals surface area contributed by atoms with Crippen LogP contribution in [0.3, 0.4) is 0 Å². The van der Waals surface area contributed by atoms with Crippen LogP contribution in [0.2, 0.25) is 5.15 Å². The molecule has 3 rings (SSSR count). The van der Waals surface area contributed by atoms with E-state index < -0.39 is 23.8 Å². The maximum absolute atomic E-state index is 12.2. The van der Waals surface area contributed by atoms with Crippen molar-refractivity contribution in [2.75, 3.05) is 25.7 Å². The quantitative estimate of drug-likeness (QED) is 0.440. The Bertz CT molecular complexity index is 873. The largest absolute Gasteiger partial charge is 0.468 e. The molecule has 2 unspecified atom stereocenters. The van der Waals surface area contributed by atoms with Gasteiger partial charge in [-0.25, -0.2) is 9.97 Å². The zero-order valence-corrected chi connectivity index (χ0v) is 16.5. The second-order valence-electron chi connectivity index (χ2n) is 6.73. The van der Waals surface area contributed by atoms with Crippen LogP contribution in [0.1, 0.15) is 31.7 Å². The van der Waals surface area contributed by atoms with Gasteiger partial charge in [0.2, 0.25) is 0 Å². The molecule has 8 heteroatoms. The third kappa shape index (κ3) is 3.43. The number of esters is 2. The summed E-state index contributed by atoms with van der Waals surface area (Å²) in [5, 5.41) is 1.98. The number of hydrogen-bond donors (Lipinski definition) is 0. The van der Waals surface area contributed by atoms with Crippen molar-refractivity contribution < 1.29 is 19.1 Å². The van der Waals surface area contributed by atoms with Crippen LogP contribution in [0, 0.1) is 5.92 Å². The molecule has 3 heterocycles. The van der Waals surface area contributed by atoms with E-state index in [1.54, 1.807) is 25.4 Å². The van der Waals surface area contributed by atoms with Gasteiger partial charge in [-0.1, -0.05) is 18.5 Å². The first-order valence-corrected chi connectivity index (χ1v) is 9.13. The first-order chi connectivity index (χ1) is 12.9. The minimum absolute atomic E-state index is 0.331. The normalized spacial score (nSPS) is 17.6. The molecule has 7 nitrogen and oxygen atoms in total. The molecule has 1 aliphatic rings. The molecule has 144 valence electrons. The van der Waals surface area contributed by atoms with Gasteiger partial charge in [0.25, 0.3) is 0 Å². The fourth-order valence-corrected chi connectivity index (χ4v) is 3.64. The maximum atomic E-state index is 12.2. The SMILES string of the molecule is COC(=O)C(C(=O)OC)C(C)c1cnc(N2CCC2C)c2cnc(Cl)cc12. The first kappa shape index (κ1) is 19.4. The monoisotopic (exact) mass is 391 g/mol. The topological polar surface area (TPSA) is 81.6 Å². The molecule has 2 aromatic rings.